The van der Waals surface area contributed by atoms with Crippen LogP contribution >= 0.6 is 35.3 Å². The number of rotatable bonds is 6. The molecule has 0 aliphatic carbocycles. The lowest BCUT2D eigenvalue weighted by Gasteiger charge is -2.37. The molecule has 0 unspecified atom stereocenters. The van der Waals surface area contributed by atoms with Gasteiger partial charge in [0.25, 0.3) is 0 Å². The highest BCUT2D eigenvalue weighted by Crippen LogP contribution is 2.20. The molecule has 28 heavy (non-hydrogen) atoms. The maximum absolute atomic E-state index is 5.25. The summed E-state index contributed by atoms with van der Waals surface area (Å²) in [6.45, 7) is 9.72. The molecule has 154 valence electrons. The molecule has 1 fully saturated rings. The number of aryl methyl sites for hydroxylation is 1. The molecule has 8 heteroatoms. The number of nitrogens with one attached hydrogen (secondary N) is 1. The Kier molecular flexibility index (Phi) is 9.30. The van der Waals surface area contributed by atoms with E-state index in [9.17, 15) is 0 Å². The van der Waals surface area contributed by atoms with Gasteiger partial charge in [0.2, 0.25) is 0 Å². The molecule has 0 amide bonds. The molecular formula is C20H30IN5OS. The van der Waals surface area contributed by atoms with Crippen LogP contribution in [0.25, 0.3) is 0 Å². The van der Waals surface area contributed by atoms with Gasteiger partial charge in [0.05, 0.1) is 17.8 Å². The molecule has 0 spiro atoms. The first kappa shape index (κ1) is 22.7. The zero-order valence-electron chi connectivity index (χ0n) is 16.9. The van der Waals surface area contributed by atoms with Crippen LogP contribution in [0.15, 0.2) is 34.6 Å². The van der Waals surface area contributed by atoms with Gasteiger partial charge in [0.1, 0.15) is 5.75 Å². The normalized spacial score (nSPS) is 14.6. The highest BCUT2D eigenvalue weighted by atomic mass is 127. The molecule has 1 saturated heterocycles. The Morgan fingerprint density at radius 2 is 1.93 bits per heavy atom. The number of methoxy groups -OCH3 is 1. The Morgan fingerprint density at radius 1 is 1.21 bits per heavy atom. The Morgan fingerprint density at radius 3 is 2.50 bits per heavy atom. The number of hydrogen-bond donors (Lipinski definition) is 1. The molecule has 2 heterocycles. The summed E-state index contributed by atoms with van der Waals surface area (Å²) in [5.41, 5.74) is 2.39. The second-order valence-corrected chi connectivity index (χ2v) is 7.58. The minimum Gasteiger partial charge on any atom is -0.497 e. The average Bonchev–Trinajstić information content (AvgIpc) is 3.13. The van der Waals surface area contributed by atoms with Crippen molar-refractivity contribution in [2.24, 2.45) is 4.99 Å². The second-order valence-electron chi connectivity index (χ2n) is 6.52. The summed E-state index contributed by atoms with van der Waals surface area (Å²) in [7, 11) is 1.70. The zero-order chi connectivity index (χ0) is 19.1. The number of halogens is 1. The van der Waals surface area contributed by atoms with Crippen LogP contribution < -0.4 is 15.0 Å². The number of guanidine groups is 1. The van der Waals surface area contributed by atoms with Crippen LogP contribution in [-0.2, 0) is 6.42 Å². The van der Waals surface area contributed by atoms with Crippen LogP contribution in [0.4, 0.5) is 5.69 Å². The van der Waals surface area contributed by atoms with E-state index in [0.29, 0.717) is 0 Å². The maximum Gasteiger partial charge on any atom is 0.194 e. The van der Waals surface area contributed by atoms with Crippen molar-refractivity contribution in [3.05, 3.63) is 40.3 Å². The van der Waals surface area contributed by atoms with Crippen LogP contribution in [0.5, 0.6) is 5.75 Å². The lowest BCUT2D eigenvalue weighted by Crippen LogP contribution is -2.52. The fraction of sp³-hybridized carbons (Fsp3) is 0.500. The van der Waals surface area contributed by atoms with Crippen molar-refractivity contribution in [1.29, 1.82) is 0 Å². The third kappa shape index (κ3) is 6.23. The number of piperazine rings is 1. The highest BCUT2D eigenvalue weighted by Gasteiger charge is 2.19. The standard InChI is InChI=1S/C20H29N5OS.HI/c1-4-21-20(22-10-9-17-15-27-16(2)23-17)25-13-11-24(12-14-25)18-5-7-19(26-3)8-6-18;/h5-8,15H,4,9-14H2,1-3H3,(H,21,22);1H. The van der Waals surface area contributed by atoms with Crippen molar-refractivity contribution in [2.45, 2.75) is 20.3 Å². The minimum absolute atomic E-state index is 0. The predicted molar refractivity (Wildman–Crippen MR) is 129 cm³/mol. The maximum atomic E-state index is 5.25. The van der Waals surface area contributed by atoms with E-state index in [1.165, 1.54) is 5.69 Å². The summed E-state index contributed by atoms with van der Waals surface area (Å²) in [6, 6.07) is 8.30. The number of hydrogen-bond acceptors (Lipinski definition) is 5. The Bertz CT molecular complexity index is 741. The molecule has 0 saturated carbocycles. The molecule has 3 rings (SSSR count). The SMILES string of the molecule is CCNC(=NCCc1csc(C)n1)N1CCN(c2ccc(OC)cc2)CC1.I. The lowest BCUT2D eigenvalue weighted by molar-refractivity contribution is 0.372. The lowest BCUT2D eigenvalue weighted by atomic mass is 10.2. The van der Waals surface area contributed by atoms with Gasteiger partial charge in [0.15, 0.2) is 5.96 Å². The third-order valence-electron chi connectivity index (χ3n) is 4.65. The van der Waals surface area contributed by atoms with Crippen LogP contribution in [0.1, 0.15) is 17.6 Å². The second kappa shape index (κ2) is 11.5. The first-order valence-electron chi connectivity index (χ1n) is 9.53. The van der Waals surface area contributed by atoms with Gasteiger partial charge in [-0.15, -0.1) is 35.3 Å². The van der Waals surface area contributed by atoms with Gasteiger partial charge in [-0.2, -0.15) is 0 Å². The molecule has 6 nitrogen and oxygen atoms in total. The zero-order valence-corrected chi connectivity index (χ0v) is 20.0. The Labute approximate surface area is 189 Å². The van der Waals surface area contributed by atoms with Gasteiger partial charge in [-0.1, -0.05) is 0 Å². The van der Waals surface area contributed by atoms with Crippen molar-refractivity contribution in [3.8, 4) is 5.75 Å². The number of benzene rings is 1. The smallest absolute Gasteiger partial charge is 0.194 e. The van der Waals surface area contributed by atoms with Gasteiger partial charge in [-0.05, 0) is 38.1 Å². The largest absolute Gasteiger partial charge is 0.497 e. The van der Waals surface area contributed by atoms with Gasteiger partial charge in [-0.25, -0.2) is 4.98 Å². The van der Waals surface area contributed by atoms with Gasteiger partial charge in [0, 0.05) is 56.8 Å². The van der Waals surface area contributed by atoms with E-state index < -0.39 is 0 Å². The fourth-order valence-corrected chi connectivity index (χ4v) is 3.84. The van der Waals surface area contributed by atoms with E-state index in [0.717, 1.165) is 68.1 Å². The summed E-state index contributed by atoms with van der Waals surface area (Å²) >= 11 is 1.70. The molecule has 0 bridgehead atoms. The van der Waals surface area contributed by atoms with E-state index in [4.69, 9.17) is 9.73 Å². The highest BCUT2D eigenvalue weighted by molar-refractivity contribution is 14.0. The molecule has 2 aromatic rings. The monoisotopic (exact) mass is 515 g/mol. The molecule has 1 aliphatic rings. The predicted octanol–water partition coefficient (Wildman–Crippen LogP) is 3.41. The van der Waals surface area contributed by atoms with Crippen molar-refractivity contribution in [1.82, 2.24) is 15.2 Å². The molecule has 1 aliphatic heterocycles. The minimum atomic E-state index is 0. The van der Waals surface area contributed by atoms with Gasteiger partial charge < -0.3 is 19.9 Å². The van der Waals surface area contributed by atoms with Gasteiger partial charge in [-0.3, -0.25) is 4.99 Å². The summed E-state index contributed by atoms with van der Waals surface area (Å²) in [4.78, 5) is 14.1. The number of anilines is 1. The third-order valence-corrected chi connectivity index (χ3v) is 5.47. The molecular weight excluding hydrogens is 485 g/mol. The molecule has 1 aromatic heterocycles. The molecule has 1 N–H and O–H groups in total. The number of nitrogens with zero attached hydrogens (tertiary/aromatic N) is 4. The molecule has 1 aromatic carbocycles. The first-order chi connectivity index (χ1) is 13.2. The van der Waals surface area contributed by atoms with Gasteiger partial charge >= 0.3 is 0 Å². The Hall–Kier alpha value is -1.55. The number of ether oxygens (including phenoxy) is 1. The van der Waals surface area contributed by atoms with Crippen LogP contribution in [-0.4, -0.2) is 62.2 Å². The summed E-state index contributed by atoms with van der Waals surface area (Å²) in [5, 5.41) is 6.69. The number of aromatic nitrogens is 1. The van der Waals surface area contributed by atoms with Crippen molar-refractivity contribution in [3.63, 3.8) is 0 Å². The number of thiazole rings is 1. The first-order valence-corrected chi connectivity index (χ1v) is 10.4. The van der Waals surface area contributed by atoms with E-state index >= 15 is 0 Å². The molecule has 0 radical (unpaired) electrons. The summed E-state index contributed by atoms with van der Waals surface area (Å²) < 4.78 is 5.25. The van der Waals surface area contributed by atoms with E-state index in [1.807, 2.05) is 19.1 Å². The van der Waals surface area contributed by atoms with Crippen molar-refractivity contribution < 1.29 is 4.74 Å². The van der Waals surface area contributed by atoms with Crippen LogP contribution in [0.2, 0.25) is 0 Å². The topological polar surface area (TPSA) is 53.0 Å². The Balaban J connectivity index is 0.00000280. The van der Waals surface area contributed by atoms with Crippen LogP contribution in [0, 0.1) is 6.92 Å². The number of aliphatic imine (C=N–C) groups is 1. The van der Waals surface area contributed by atoms with Crippen molar-refractivity contribution >= 4 is 47.0 Å². The van der Waals surface area contributed by atoms with E-state index in [2.05, 4.69) is 44.5 Å². The van der Waals surface area contributed by atoms with E-state index in [-0.39, 0.29) is 24.0 Å². The van der Waals surface area contributed by atoms with E-state index in [1.54, 1.807) is 18.4 Å². The summed E-state index contributed by atoms with van der Waals surface area (Å²) in [6.07, 6.45) is 0.894. The average molecular weight is 515 g/mol. The van der Waals surface area contributed by atoms with Crippen LogP contribution in [0.3, 0.4) is 0 Å². The quantitative estimate of drug-likeness (QED) is 0.363. The summed E-state index contributed by atoms with van der Waals surface area (Å²) in [5.74, 6) is 1.91. The molecule has 0 atom stereocenters. The van der Waals surface area contributed by atoms with Crippen molar-refractivity contribution in [2.75, 3.05) is 51.3 Å². The fourth-order valence-electron chi connectivity index (χ4n) is 3.19.